The maximum Gasteiger partial charge on any atom is 0.323 e. The third-order valence-corrected chi connectivity index (χ3v) is 2.82. The molecule has 0 fully saturated rings. The van der Waals surface area contributed by atoms with Crippen LogP contribution in [0.25, 0.3) is 0 Å². The highest BCUT2D eigenvalue weighted by Crippen LogP contribution is 2.36. The molecule has 1 aliphatic heterocycles. The van der Waals surface area contributed by atoms with Gasteiger partial charge in [-0.3, -0.25) is 14.4 Å². The van der Waals surface area contributed by atoms with Gasteiger partial charge in [-0.15, -0.1) is 0 Å². The standard InChI is InChI=1S/C13H13NO4/c1-3-18-13(17)10-9-6-4-5-8(7(2)15)11(9)14-12(10)16/h4-6,10H,3H2,1-2H3,(H,14,16). The lowest BCUT2D eigenvalue weighted by molar-refractivity contribution is -0.147. The van der Waals surface area contributed by atoms with Crippen molar-refractivity contribution >= 4 is 23.3 Å². The first-order valence-electron chi connectivity index (χ1n) is 5.67. The van der Waals surface area contributed by atoms with Gasteiger partial charge in [0.25, 0.3) is 0 Å². The van der Waals surface area contributed by atoms with Crippen molar-refractivity contribution in [1.82, 2.24) is 0 Å². The van der Waals surface area contributed by atoms with E-state index >= 15 is 0 Å². The van der Waals surface area contributed by atoms with E-state index in [4.69, 9.17) is 4.74 Å². The van der Waals surface area contributed by atoms with Gasteiger partial charge in [0, 0.05) is 5.56 Å². The minimum absolute atomic E-state index is 0.156. The second-order valence-electron chi connectivity index (χ2n) is 4.00. The van der Waals surface area contributed by atoms with Gasteiger partial charge in [0.15, 0.2) is 11.7 Å². The SMILES string of the molecule is CCOC(=O)C1C(=O)Nc2c(C(C)=O)cccc21. The molecule has 2 rings (SSSR count). The fraction of sp³-hybridized carbons (Fsp3) is 0.308. The fourth-order valence-corrected chi connectivity index (χ4v) is 2.04. The van der Waals surface area contributed by atoms with Crippen molar-refractivity contribution in [2.24, 2.45) is 0 Å². The van der Waals surface area contributed by atoms with Gasteiger partial charge in [0.1, 0.15) is 0 Å². The predicted octanol–water partition coefficient (Wildman–Crippen LogP) is 1.49. The average molecular weight is 247 g/mol. The Morgan fingerprint density at radius 1 is 1.39 bits per heavy atom. The molecule has 0 aliphatic carbocycles. The van der Waals surface area contributed by atoms with Crippen LogP contribution in [0.15, 0.2) is 18.2 Å². The number of nitrogens with one attached hydrogen (secondary N) is 1. The third kappa shape index (κ3) is 1.88. The van der Waals surface area contributed by atoms with Crippen LogP contribution in [0.5, 0.6) is 0 Å². The Bertz CT molecular complexity index is 536. The Balaban J connectivity index is 2.47. The molecular weight excluding hydrogens is 234 g/mol. The summed E-state index contributed by atoms with van der Waals surface area (Å²) in [6, 6.07) is 4.93. The molecule has 1 unspecified atom stereocenters. The van der Waals surface area contributed by atoms with Gasteiger partial charge in [-0.05, 0) is 25.5 Å². The predicted molar refractivity (Wildman–Crippen MR) is 64.5 cm³/mol. The first-order chi connectivity index (χ1) is 8.56. The molecule has 1 heterocycles. The molecule has 0 saturated carbocycles. The van der Waals surface area contributed by atoms with Crippen LogP contribution in [0, 0.1) is 0 Å². The van der Waals surface area contributed by atoms with Gasteiger partial charge in [-0.2, -0.15) is 0 Å². The number of hydrogen-bond donors (Lipinski definition) is 1. The summed E-state index contributed by atoms with van der Waals surface area (Å²) in [5, 5.41) is 2.58. The molecule has 1 amide bonds. The third-order valence-electron chi connectivity index (χ3n) is 2.82. The molecule has 1 aromatic carbocycles. The zero-order valence-electron chi connectivity index (χ0n) is 10.1. The van der Waals surface area contributed by atoms with Gasteiger partial charge in [-0.1, -0.05) is 12.1 Å². The number of carbonyl (C=O) groups excluding carboxylic acids is 3. The van der Waals surface area contributed by atoms with E-state index in [-0.39, 0.29) is 12.4 Å². The Morgan fingerprint density at radius 2 is 2.11 bits per heavy atom. The normalized spacial score (nSPS) is 17.0. The molecule has 5 nitrogen and oxygen atoms in total. The minimum Gasteiger partial charge on any atom is -0.465 e. The zero-order chi connectivity index (χ0) is 13.3. The molecule has 0 spiro atoms. The van der Waals surface area contributed by atoms with Crippen molar-refractivity contribution in [3.05, 3.63) is 29.3 Å². The zero-order valence-corrected chi connectivity index (χ0v) is 10.1. The van der Waals surface area contributed by atoms with Crippen molar-refractivity contribution < 1.29 is 19.1 Å². The molecule has 5 heteroatoms. The number of amides is 1. The molecular formula is C13H13NO4. The van der Waals surface area contributed by atoms with Gasteiger partial charge < -0.3 is 10.1 Å². The molecule has 0 radical (unpaired) electrons. The summed E-state index contributed by atoms with van der Waals surface area (Å²) in [5.41, 5.74) is 1.34. The summed E-state index contributed by atoms with van der Waals surface area (Å²) >= 11 is 0. The van der Waals surface area contributed by atoms with Crippen LogP contribution < -0.4 is 5.32 Å². The molecule has 18 heavy (non-hydrogen) atoms. The second kappa shape index (κ2) is 4.60. The lowest BCUT2D eigenvalue weighted by atomic mass is 9.97. The number of anilines is 1. The second-order valence-corrected chi connectivity index (χ2v) is 4.00. The minimum atomic E-state index is -0.973. The van der Waals surface area contributed by atoms with Crippen molar-refractivity contribution in [2.75, 3.05) is 11.9 Å². The van der Waals surface area contributed by atoms with Crippen molar-refractivity contribution in [3.8, 4) is 0 Å². The van der Waals surface area contributed by atoms with Crippen molar-refractivity contribution in [1.29, 1.82) is 0 Å². The van der Waals surface area contributed by atoms with Crippen LogP contribution in [-0.4, -0.2) is 24.3 Å². The Kier molecular flexibility index (Phi) is 3.14. The highest BCUT2D eigenvalue weighted by Gasteiger charge is 2.39. The van der Waals surface area contributed by atoms with E-state index in [1.54, 1.807) is 25.1 Å². The lowest BCUT2D eigenvalue weighted by Crippen LogP contribution is -2.22. The van der Waals surface area contributed by atoms with Gasteiger partial charge in [0.05, 0.1) is 12.3 Å². The lowest BCUT2D eigenvalue weighted by Gasteiger charge is -2.08. The first kappa shape index (κ1) is 12.3. The summed E-state index contributed by atoms with van der Waals surface area (Å²) in [6.45, 7) is 3.31. The van der Waals surface area contributed by atoms with Crippen LogP contribution in [0.4, 0.5) is 5.69 Å². The number of ketones is 1. The molecule has 0 aromatic heterocycles. The van der Waals surface area contributed by atoms with Crippen LogP contribution >= 0.6 is 0 Å². The maximum absolute atomic E-state index is 11.8. The molecule has 94 valence electrons. The summed E-state index contributed by atoms with van der Waals surface area (Å²) in [6.07, 6.45) is 0. The average Bonchev–Trinajstić information content (AvgIpc) is 2.64. The maximum atomic E-state index is 11.8. The number of carbonyl (C=O) groups is 3. The van der Waals surface area contributed by atoms with Crippen LogP contribution in [-0.2, 0) is 14.3 Å². The highest BCUT2D eigenvalue weighted by atomic mass is 16.5. The number of rotatable bonds is 3. The van der Waals surface area contributed by atoms with Gasteiger partial charge in [0.2, 0.25) is 5.91 Å². The number of ether oxygens (including phenoxy) is 1. The van der Waals surface area contributed by atoms with Crippen LogP contribution in [0.3, 0.4) is 0 Å². The monoisotopic (exact) mass is 247 g/mol. The first-order valence-corrected chi connectivity index (χ1v) is 5.67. The Morgan fingerprint density at radius 3 is 2.72 bits per heavy atom. The van der Waals surface area contributed by atoms with E-state index < -0.39 is 17.8 Å². The Hall–Kier alpha value is -2.17. The number of para-hydroxylation sites is 1. The number of Topliss-reactive ketones (excluding diaryl/α,β-unsaturated/α-hetero) is 1. The smallest absolute Gasteiger partial charge is 0.323 e. The highest BCUT2D eigenvalue weighted by molar-refractivity contribution is 6.18. The van der Waals surface area contributed by atoms with E-state index in [2.05, 4.69) is 5.32 Å². The van der Waals surface area contributed by atoms with E-state index in [1.807, 2.05) is 0 Å². The van der Waals surface area contributed by atoms with Crippen molar-refractivity contribution in [3.63, 3.8) is 0 Å². The quantitative estimate of drug-likeness (QED) is 0.499. The van der Waals surface area contributed by atoms with Crippen molar-refractivity contribution in [2.45, 2.75) is 19.8 Å². The van der Waals surface area contributed by atoms with E-state index in [9.17, 15) is 14.4 Å². The van der Waals surface area contributed by atoms with Crippen LogP contribution in [0.2, 0.25) is 0 Å². The topological polar surface area (TPSA) is 72.5 Å². The number of fused-ring (bicyclic) bond motifs is 1. The molecule has 1 aromatic rings. The van der Waals surface area contributed by atoms with Gasteiger partial charge in [-0.25, -0.2) is 0 Å². The summed E-state index contributed by atoms with van der Waals surface area (Å²) in [7, 11) is 0. The molecule has 1 aliphatic rings. The van der Waals surface area contributed by atoms with Gasteiger partial charge >= 0.3 is 5.97 Å². The number of benzene rings is 1. The fourth-order valence-electron chi connectivity index (χ4n) is 2.04. The Labute approximate surface area is 104 Å². The largest absolute Gasteiger partial charge is 0.465 e. The summed E-state index contributed by atoms with van der Waals surface area (Å²) < 4.78 is 4.87. The number of esters is 1. The van der Waals surface area contributed by atoms with E-state index in [0.717, 1.165) is 0 Å². The molecule has 1 N–H and O–H groups in total. The summed E-state index contributed by atoms with van der Waals surface area (Å²) in [4.78, 5) is 35.0. The van der Waals surface area contributed by atoms with E-state index in [1.165, 1.54) is 6.92 Å². The molecule has 0 bridgehead atoms. The molecule has 1 atom stereocenters. The van der Waals surface area contributed by atoms with Crippen LogP contribution in [0.1, 0.15) is 35.7 Å². The summed E-state index contributed by atoms with van der Waals surface area (Å²) in [5.74, 6) is -2.16. The molecule has 0 saturated heterocycles. The number of hydrogen-bond acceptors (Lipinski definition) is 4. The van der Waals surface area contributed by atoms with E-state index in [0.29, 0.717) is 16.8 Å².